The number of nitrogens with zero attached hydrogens (tertiary/aromatic N) is 1. The molecule has 19 heavy (non-hydrogen) atoms. The van der Waals surface area contributed by atoms with E-state index in [1.807, 2.05) is 0 Å². The van der Waals surface area contributed by atoms with E-state index in [0.29, 0.717) is 15.7 Å². The van der Waals surface area contributed by atoms with Crippen LogP contribution in [0.4, 0.5) is 5.69 Å². The highest BCUT2D eigenvalue weighted by atomic mass is 79.9. The molecule has 5 N–H and O–H groups in total. The number of rotatable bonds is 5. The van der Waals surface area contributed by atoms with Crippen LogP contribution in [0.15, 0.2) is 27.8 Å². The number of hydrogen-bond donors (Lipinski definition) is 4. The number of oxime groups is 1. The minimum Gasteiger partial charge on any atom is -0.409 e. The van der Waals surface area contributed by atoms with Crippen LogP contribution in [0.3, 0.4) is 0 Å². The quantitative estimate of drug-likeness (QED) is 0.276. The van der Waals surface area contributed by atoms with Crippen LogP contribution in [0.25, 0.3) is 0 Å². The van der Waals surface area contributed by atoms with Gasteiger partial charge in [-0.15, -0.1) is 0 Å². The first kappa shape index (κ1) is 15.7. The highest BCUT2D eigenvalue weighted by Crippen LogP contribution is 2.24. The van der Waals surface area contributed by atoms with Gasteiger partial charge in [0.25, 0.3) is 10.2 Å². The first-order chi connectivity index (χ1) is 8.75. The molecule has 0 aliphatic rings. The lowest BCUT2D eigenvalue weighted by molar-refractivity contribution is 0.318. The van der Waals surface area contributed by atoms with E-state index in [-0.39, 0.29) is 11.9 Å². The molecule has 0 fully saturated rings. The molecule has 0 saturated carbocycles. The minimum atomic E-state index is -3.64. The van der Waals surface area contributed by atoms with Crippen molar-refractivity contribution in [2.24, 2.45) is 10.9 Å². The molecule has 1 rings (SSSR count). The van der Waals surface area contributed by atoms with Crippen molar-refractivity contribution in [2.45, 2.75) is 19.9 Å². The van der Waals surface area contributed by atoms with E-state index in [9.17, 15) is 8.42 Å². The fraction of sp³-hybridized carbons (Fsp3) is 0.300. The third kappa shape index (κ3) is 4.69. The Kier molecular flexibility index (Phi) is 5.15. The number of hydrogen-bond acceptors (Lipinski definition) is 4. The van der Waals surface area contributed by atoms with Crippen LogP contribution in [0.2, 0.25) is 0 Å². The number of halogens is 1. The Morgan fingerprint density at radius 3 is 2.58 bits per heavy atom. The zero-order valence-corrected chi connectivity index (χ0v) is 12.8. The number of benzene rings is 1. The third-order valence-corrected chi connectivity index (χ3v) is 3.93. The van der Waals surface area contributed by atoms with Gasteiger partial charge in [-0.3, -0.25) is 4.72 Å². The molecular formula is C10H15BrN4O3S. The van der Waals surface area contributed by atoms with Gasteiger partial charge in [0.1, 0.15) is 0 Å². The summed E-state index contributed by atoms with van der Waals surface area (Å²) in [5.74, 6) is -0.0598. The van der Waals surface area contributed by atoms with Crippen LogP contribution < -0.4 is 15.2 Å². The highest BCUT2D eigenvalue weighted by Gasteiger charge is 2.13. The second-order valence-electron chi connectivity index (χ2n) is 4.06. The maximum atomic E-state index is 11.7. The molecule has 0 aliphatic carbocycles. The number of nitrogens with two attached hydrogens (primary N) is 1. The Labute approximate surface area is 120 Å². The SMILES string of the molecule is CC(C)NS(=O)(=O)Nc1ccc(/C(N)=N/O)cc1Br. The van der Waals surface area contributed by atoms with Gasteiger partial charge >= 0.3 is 0 Å². The van der Waals surface area contributed by atoms with Gasteiger partial charge in [-0.2, -0.15) is 13.1 Å². The van der Waals surface area contributed by atoms with Gasteiger partial charge in [0.05, 0.1) is 5.69 Å². The lowest BCUT2D eigenvalue weighted by Crippen LogP contribution is -2.35. The van der Waals surface area contributed by atoms with E-state index >= 15 is 0 Å². The summed E-state index contributed by atoms with van der Waals surface area (Å²) in [6.07, 6.45) is 0. The van der Waals surface area contributed by atoms with Gasteiger partial charge in [0.2, 0.25) is 0 Å². The topological polar surface area (TPSA) is 117 Å². The molecule has 0 amide bonds. The first-order valence-corrected chi connectivity index (χ1v) is 7.60. The van der Waals surface area contributed by atoms with Crippen LogP contribution in [0.1, 0.15) is 19.4 Å². The van der Waals surface area contributed by atoms with E-state index in [1.165, 1.54) is 12.1 Å². The molecule has 0 aliphatic heterocycles. The van der Waals surface area contributed by atoms with Gasteiger partial charge in [-0.05, 0) is 48.0 Å². The Balaban J connectivity index is 2.99. The Morgan fingerprint density at radius 2 is 2.11 bits per heavy atom. The summed E-state index contributed by atoms with van der Waals surface area (Å²) >= 11 is 3.22. The molecule has 0 aromatic heterocycles. The fourth-order valence-corrected chi connectivity index (χ4v) is 3.06. The zero-order valence-electron chi connectivity index (χ0n) is 10.4. The van der Waals surface area contributed by atoms with Crippen LogP contribution in [0.5, 0.6) is 0 Å². The summed E-state index contributed by atoms with van der Waals surface area (Å²) in [4.78, 5) is 0. The molecule has 1 aromatic carbocycles. The Bertz CT molecular complexity index is 586. The maximum absolute atomic E-state index is 11.7. The summed E-state index contributed by atoms with van der Waals surface area (Å²) in [6.45, 7) is 3.44. The van der Waals surface area contributed by atoms with Gasteiger partial charge in [0.15, 0.2) is 5.84 Å². The average Bonchev–Trinajstić information content (AvgIpc) is 2.28. The molecular weight excluding hydrogens is 336 g/mol. The molecule has 0 bridgehead atoms. The van der Waals surface area contributed by atoms with Crippen molar-refractivity contribution in [1.82, 2.24) is 4.72 Å². The van der Waals surface area contributed by atoms with Crippen LogP contribution >= 0.6 is 15.9 Å². The van der Waals surface area contributed by atoms with Crippen molar-refractivity contribution in [3.05, 3.63) is 28.2 Å². The van der Waals surface area contributed by atoms with Crippen LogP contribution in [-0.4, -0.2) is 25.5 Å². The monoisotopic (exact) mass is 350 g/mol. The molecule has 1 aromatic rings. The fourth-order valence-electron chi connectivity index (χ4n) is 1.30. The number of anilines is 1. The van der Waals surface area contributed by atoms with E-state index < -0.39 is 10.2 Å². The molecule has 0 radical (unpaired) electrons. The molecule has 0 unspecified atom stereocenters. The van der Waals surface area contributed by atoms with E-state index in [4.69, 9.17) is 10.9 Å². The first-order valence-electron chi connectivity index (χ1n) is 5.32. The zero-order chi connectivity index (χ0) is 14.6. The van der Waals surface area contributed by atoms with E-state index in [2.05, 4.69) is 30.5 Å². The second-order valence-corrected chi connectivity index (χ2v) is 6.36. The smallest absolute Gasteiger partial charge is 0.299 e. The molecule has 7 nitrogen and oxygen atoms in total. The summed E-state index contributed by atoms with van der Waals surface area (Å²) in [7, 11) is -3.64. The summed E-state index contributed by atoms with van der Waals surface area (Å²) in [5, 5.41) is 11.4. The van der Waals surface area contributed by atoms with Crippen LogP contribution in [0, 0.1) is 0 Å². The molecule has 0 spiro atoms. The third-order valence-electron chi connectivity index (χ3n) is 2.01. The average molecular weight is 351 g/mol. The molecule has 0 atom stereocenters. The van der Waals surface area contributed by atoms with Crippen molar-refractivity contribution >= 4 is 37.7 Å². The van der Waals surface area contributed by atoms with Crippen molar-refractivity contribution < 1.29 is 13.6 Å². The predicted molar refractivity (Wildman–Crippen MR) is 77.5 cm³/mol. The van der Waals surface area contributed by atoms with E-state index in [0.717, 1.165) is 0 Å². The van der Waals surface area contributed by atoms with Gasteiger partial charge in [-0.1, -0.05) is 5.16 Å². The van der Waals surface area contributed by atoms with Crippen molar-refractivity contribution in [1.29, 1.82) is 0 Å². The second kappa shape index (κ2) is 6.22. The predicted octanol–water partition coefficient (Wildman–Crippen LogP) is 1.20. The maximum Gasteiger partial charge on any atom is 0.299 e. The van der Waals surface area contributed by atoms with Crippen LogP contribution in [-0.2, 0) is 10.2 Å². The van der Waals surface area contributed by atoms with Crippen molar-refractivity contribution in [3.8, 4) is 0 Å². The summed E-state index contributed by atoms with van der Waals surface area (Å²) < 4.78 is 28.7. The Morgan fingerprint density at radius 1 is 1.47 bits per heavy atom. The van der Waals surface area contributed by atoms with Crippen molar-refractivity contribution in [3.63, 3.8) is 0 Å². The molecule has 0 saturated heterocycles. The Hall–Kier alpha value is -1.32. The highest BCUT2D eigenvalue weighted by molar-refractivity contribution is 9.10. The van der Waals surface area contributed by atoms with E-state index in [1.54, 1.807) is 19.9 Å². The van der Waals surface area contributed by atoms with Gasteiger partial charge in [-0.25, -0.2) is 0 Å². The minimum absolute atomic E-state index is 0.0598. The summed E-state index contributed by atoms with van der Waals surface area (Å²) in [6, 6.07) is 4.37. The lowest BCUT2D eigenvalue weighted by Gasteiger charge is -2.13. The molecule has 0 heterocycles. The lowest BCUT2D eigenvalue weighted by atomic mass is 10.2. The van der Waals surface area contributed by atoms with Gasteiger partial charge < -0.3 is 10.9 Å². The largest absolute Gasteiger partial charge is 0.409 e. The summed E-state index contributed by atoms with van der Waals surface area (Å²) in [5.41, 5.74) is 6.25. The van der Waals surface area contributed by atoms with Gasteiger partial charge in [0, 0.05) is 16.1 Å². The molecule has 9 heteroatoms. The standard InChI is InChI=1S/C10H15BrN4O3S/c1-6(2)14-19(17,18)15-9-4-3-7(5-8(9)11)10(12)13-16/h3-6,14-16H,1-2H3,(H2,12,13). The van der Waals surface area contributed by atoms with Crippen molar-refractivity contribution in [2.75, 3.05) is 4.72 Å². The normalized spacial score (nSPS) is 12.7. The number of nitrogens with one attached hydrogen (secondary N) is 2. The molecule has 106 valence electrons. The number of amidine groups is 1.